The number of nitrogens with two attached hydrogens (primary N) is 1. The monoisotopic (exact) mass is 246 g/mol. The van der Waals surface area contributed by atoms with Gasteiger partial charge in [-0.25, -0.2) is 0 Å². The van der Waals surface area contributed by atoms with Gasteiger partial charge in [0.05, 0.1) is 6.07 Å². The molecule has 0 fully saturated rings. The molecule has 18 heavy (non-hydrogen) atoms. The van der Waals surface area contributed by atoms with Crippen LogP contribution in [0.1, 0.15) is 10.4 Å². The van der Waals surface area contributed by atoms with E-state index in [-0.39, 0.29) is 11.8 Å². The molecule has 0 radical (unpaired) electrons. The third kappa shape index (κ3) is 2.64. The first-order valence-electron chi connectivity index (χ1n) is 5.02. The summed E-state index contributed by atoms with van der Waals surface area (Å²) >= 11 is 0. The van der Waals surface area contributed by atoms with Gasteiger partial charge in [-0.1, -0.05) is 0 Å². The lowest BCUT2D eigenvalue weighted by Crippen LogP contribution is -2.11. The normalized spacial score (nSPS) is 10.0. The van der Waals surface area contributed by atoms with Gasteiger partial charge in [-0.2, -0.15) is 4.98 Å². The zero-order valence-electron chi connectivity index (χ0n) is 9.18. The van der Waals surface area contributed by atoms with E-state index >= 15 is 0 Å². The van der Waals surface area contributed by atoms with Crippen LogP contribution in [0.4, 0.5) is 11.6 Å². The highest BCUT2D eigenvalue weighted by Crippen LogP contribution is 2.14. The van der Waals surface area contributed by atoms with E-state index in [9.17, 15) is 9.59 Å². The summed E-state index contributed by atoms with van der Waals surface area (Å²) in [6.07, 6.45) is 0. The van der Waals surface area contributed by atoms with Crippen LogP contribution in [-0.2, 0) is 0 Å². The Balaban J connectivity index is 2.23. The second-order valence-corrected chi connectivity index (χ2v) is 3.52. The van der Waals surface area contributed by atoms with Crippen LogP contribution in [0, 0.1) is 0 Å². The fraction of sp³-hybridized carbons (Fsp3) is 0. The van der Waals surface area contributed by atoms with E-state index in [4.69, 9.17) is 10.8 Å². The molecule has 0 unspecified atom stereocenters. The molecule has 7 nitrogen and oxygen atoms in total. The Morgan fingerprint density at radius 2 is 2.00 bits per heavy atom. The van der Waals surface area contributed by atoms with Gasteiger partial charge in [-0.15, -0.1) is 0 Å². The van der Waals surface area contributed by atoms with E-state index < -0.39 is 11.5 Å². The molecule has 2 aromatic rings. The summed E-state index contributed by atoms with van der Waals surface area (Å²) in [4.78, 5) is 28.0. The Hall–Kier alpha value is -2.83. The molecule has 5 N–H and O–H groups in total. The highest BCUT2D eigenvalue weighted by Gasteiger charge is 2.02. The Labute approximate surface area is 101 Å². The first-order valence-corrected chi connectivity index (χ1v) is 5.02. The number of nitrogens with zero attached hydrogens (tertiary/aromatic N) is 1. The number of hydrogen-bond donors (Lipinski definition) is 4. The van der Waals surface area contributed by atoms with Crippen molar-refractivity contribution in [3.05, 3.63) is 46.2 Å². The number of aromatic amines is 1. The third-order valence-electron chi connectivity index (χ3n) is 2.16. The quantitative estimate of drug-likeness (QED) is 0.621. The zero-order chi connectivity index (χ0) is 13.1. The van der Waals surface area contributed by atoms with Crippen molar-refractivity contribution in [3.8, 4) is 5.88 Å². The lowest BCUT2D eigenvalue weighted by Gasteiger charge is -2.05. The van der Waals surface area contributed by atoms with Crippen LogP contribution < -0.4 is 16.6 Å². The van der Waals surface area contributed by atoms with Crippen molar-refractivity contribution in [2.45, 2.75) is 0 Å². The lowest BCUT2D eigenvalue weighted by atomic mass is 10.2. The third-order valence-corrected chi connectivity index (χ3v) is 2.16. The summed E-state index contributed by atoms with van der Waals surface area (Å²) in [7, 11) is 0. The number of carbonyl (C=O) groups is 1. The highest BCUT2D eigenvalue weighted by molar-refractivity contribution is 5.93. The van der Waals surface area contributed by atoms with Gasteiger partial charge < -0.3 is 16.2 Å². The van der Waals surface area contributed by atoms with Gasteiger partial charge in [0.25, 0.3) is 5.56 Å². The number of aromatic nitrogens is 2. The molecule has 0 aliphatic rings. The zero-order valence-corrected chi connectivity index (χ0v) is 9.18. The maximum Gasteiger partial charge on any atom is 0.256 e. The van der Waals surface area contributed by atoms with Crippen LogP contribution in [0.3, 0.4) is 0 Å². The van der Waals surface area contributed by atoms with Gasteiger partial charge in [0.1, 0.15) is 0 Å². The Morgan fingerprint density at radius 3 is 2.56 bits per heavy atom. The topological polar surface area (TPSA) is 121 Å². The summed E-state index contributed by atoms with van der Waals surface area (Å²) in [6.45, 7) is 0. The average molecular weight is 246 g/mol. The number of nitrogens with one attached hydrogen (secondary N) is 2. The van der Waals surface area contributed by atoms with Crippen molar-refractivity contribution in [2.75, 3.05) is 5.32 Å². The van der Waals surface area contributed by atoms with Crippen molar-refractivity contribution in [1.29, 1.82) is 0 Å². The molecule has 1 aromatic carbocycles. The van der Waals surface area contributed by atoms with Gasteiger partial charge in [-0.05, 0) is 24.3 Å². The number of carbonyl (C=O) groups excluding carboxylic acids is 1. The molecule has 0 aliphatic heterocycles. The van der Waals surface area contributed by atoms with Gasteiger partial charge >= 0.3 is 0 Å². The van der Waals surface area contributed by atoms with Crippen LogP contribution >= 0.6 is 0 Å². The number of amides is 1. The predicted octanol–water partition coefficient (Wildman–Crippen LogP) is 0.318. The van der Waals surface area contributed by atoms with Crippen molar-refractivity contribution in [2.24, 2.45) is 5.73 Å². The minimum atomic E-state index is -0.523. The molecule has 1 heterocycles. The number of aromatic hydroxyl groups is 1. The molecule has 0 saturated heterocycles. The molecular weight excluding hydrogens is 236 g/mol. The van der Waals surface area contributed by atoms with Crippen LogP contribution in [0.5, 0.6) is 5.88 Å². The second kappa shape index (κ2) is 4.58. The molecule has 1 aromatic heterocycles. The molecule has 1 amide bonds. The summed E-state index contributed by atoms with van der Waals surface area (Å²) in [5, 5.41) is 11.9. The van der Waals surface area contributed by atoms with Crippen molar-refractivity contribution >= 4 is 17.5 Å². The van der Waals surface area contributed by atoms with Crippen LogP contribution in [-0.4, -0.2) is 21.0 Å². The van der Waals surface area contributed by atoms with E-state index in [2.05, 4.69) is 15.3 Å². The van der Waals surface area contributed by atoms with Gasteiger partial charge in [-0.3, -0.25) is 14.6 Å². The standard InChI is InChI=1S/C11H10N4O3/c12-10(18)6-1-3-7(4-2-6)13-11-14-8(16)5-9(17)15-11/h1-5H,(H2,12,18)(H3,13,14,15,16,17). The number of rotatable bonds is 3. The maximum absolute atomic E-state index is 11.1. The minimum absolute atomic E-state index is 0.104. The summed E-state index contributed by atoms with van der Waals surface area (Å²) in [5.41, 5.74) is 5.60. The number of hydrogen-bond acceptors (Lipinski definition) is 5. The van der Waals surface area contributed by atoms with Crippen molar-refractivity contribution in [1.82, 2.24) is 9.97 Å². The van der Waals surface area contributed by atoms with Crippen LogP contribution in [0.2, 0.25) is 0 Å². The van der Waals surface area contributed by atoms with Gasteiger partial charge in [0.15, 0.2) is 0 Å². The Bertz CT molecular complexity index is 633. The number of benzene rings is 1. The highest BCUT2D eigenvalue weighted by atomic mass is 16.3. The Morgan fingerprint density at radius 1 is 1.33 bits per heavy atom. The molecule has 7 heteroatoms. The number of primary amides is 1. The summed E-state index contributed by atoms with van der Waals surface area (Å²) in [6, 6.07) is 7.23. The smallest absolute Gasteiger partial charge is 0.256 e. The van der Waals surface area contributed by atoms with Crippen molar-refractivity contribution in [3.63, 3.8) is 0 Å². The van der Waals surface area contributed by atoms with E-state index in [1.807, 2.05) is 0 Å². The first-order chi connectivity index (χ1) is 8.54. The molecular formula is C11H10N4O3. The average Bonchev–Trinajstić information content (AvgIpc) is 2.28. The fourth-order valence-electron chi connectivity index (χ4n) is 1.36. The van der Waals surface area contributed by atoms with E-state index in [1.165, 1.54) is 12.1 Å². The van der Waals surface area contributed by atoms with E-state index in [0.717, 1.165) is 6.07 Å². The largest absolute Gasteiger partial charge is 0.493 e. The predicted molar refractivity (Wildman–Crippen MR) is 64.8 cm³/mol. The van der Waals surface area contributed by atoms with Crippen molar-refractivity contribution < 1.29 is 9.90 Å². The number of H-pyrrole nitrogens is 1. The molecule has 0 atom stereocenters. The second-order valence-electron chi connectivity index (χ2n) is 3.52. The van der Waals surface area contributed by atoms with Crippen LogP contribution in [0.15, 0.2) is 35.1 Å². The maximum atomic E-state index is 11.1. The van der Waals surface area contributed by atoms with E-state index in [0.29, 0.717) is 11.3 Å². The van der Waals surface area contributed by atoms with E-state index in [1.54, 1.807) is 12.1 Å². The first kappa shape index (κ1) is 11.6. The number of anilines is 2. The molecule has 0 aliphatic carbocycles. The Kier molecular flexibility index (Phi) is 2.96. The molecule has 0 bridgehead atoms. The SMILES string of the molecule is NC(=O)c1ccc(Nc2nc(O)cc(=O)[nH]2)cc1. The summed E-state index contributed by atoms with van der Waals surface area (Å²) < 4.78 is 0. The molecule has 0 saturated carbocycles. The summed E-state index contributed by atoms with van der Waals surface area (Å²) in [5.74, 6) is -0.799. The lowest BCUT2D eigenvalue weighted by molar-refractivity contribution is 0.100. The molecule has 0 spiro atoms. The fourth-order valence-corrected chi connectivity index (χ4v) is 1.36. The minimum Gasteiger partial charge on any atom is -0.493 e. The molecule has 92 valence electrons. The van der Waals surface area contributed by atoms with Gasteiger partial charge in [0, 0.05) is 11.3 Å². The van der Waals surface area contributed by atoms with Crippen LogP contribution in [0.25, 0.3) is 0 Å². The molecule has 2 rings (SSSR count). The van der Waals surface area contributed by atoms with Gasteiger partial charge in [0.2, 0.25) is 17.7 Å².